The summed E-state index contributed by atoms with van der Waals surface area (Å²) in [5.74, 6) is 0.971. The summed E-state index contributed by atoms with van der Waals surface area (Å²) in [4.78, 5) is 55.7. The van der Waals surface area contributed by atoms with E-state index in [1.54, 1.807) is 28.4 Å². The molecule has 9 rings (SSSR count). The Hall–Kier alpha value is -5.79. The van der Waals surface area contributed by atoms with Gasteiger partial charge < -0.3 is 15.5 Å². The molecule has 3 aromatic heterocycles. The highest BCUT2D eigenvalue weighted by molar-refractivity contribution is 7.15. The minimum atomic E-state index is -0.838. The standard InChI is InChI=1S/C49H52N8O3S2/c1-27(31-13-21-35(22-14-31)42-28(2)50-26-61-42)52-46(59)38-11-9-25-56(38)47(60)43(49(5,6)7)53-45(58)36-23-17-33(18-24-36)32-15-19-34(20-16-32)41-40-37-10-8-12-39(37)62-48(40)57-30(4)54-55-44(57)29(3)51-41/h13-24,26-27,29,38,43H,8-12,25H2,1-7H3,(H,52,59)(H,53,58). The summed E-state index contributed by atoms with van der Waals surface area (Å²) in [5, 5.41) is 16.3. The number of carbonyl (C=O) groups is 3. The monoisotopic (exact) mass is 864 g/mol. The van der Waals surface area contributed by atoms with Crippen molar-refractivity contribution in [3.8, 4) is 26.6 Å². The maximum absolute atomic E-state index is 14.3. The fraction of sp³-hybridized carbons (Fsp3) is 0.367. The molecule has 318 valence electrons. The Morgan fingerprint density at radius 2 is 1.52 bits per heavy atom. The molecular formula is C49H52N8O3S2. The number of hydrogen-bond acceptors (Lipinski definition) is 9. The van der Waals surface area contributed by atoms with Gasteiger partial charge in [0.15, 0.2) is 5.82 Å². The van der Waals surface area contributed by atoms with Crippen LogP contribution in [0.2, 0.25) is 0 Å². The van der Waals surface area contributed by atoms with Crippen molar-refractivity contribution in [1.82, 2.24) is 35.3 Å². The van der Waals surface area contributed by atoms with E-state index in [1.165, 1.54) is 21.0 Å². The average molecular weight is 865 g/mol. The van der Waals surface area contributed by atoms with Gasteiger partial charge in [-0.1, -0.05) is 81.4 Å². The van der Waals surface area contributed by atoms with E-state index in [0.29, 0.717) is 24.9 Å². The number of nitrogens with one attached hydrogen (secondary N) is 2. The van der Waals surface area contributed by atoms with Crippen molar-refractivity contribution in [3.05, 3.63) is 128 Å². The molecule has 11 nitrogen and oxygen atoms in total. The van der Waals surface area contributed by atoms with Crippen molar-refractivity contribution in [3.63, 3.8) is 0 Å². The van der Waals surface area contributed by atoms with Crippen molar-refractivity contribution >= 4 is 46.1 Å². The van der Waals surface area contributed by atoms with Crippen LogP contribution in [0.3, 0.4) is 0 Å². The Morgan fingerprint density at radius 1 is 0.839 bits per heavy atom. The van der Waals surface area contributed by atoms with Gasteiger partial charge >= 0.3 is 0 Å². The number of likely N-dealkylation sites (tertiary alicyclic amines) is 1. The summed E-state index contributed by atoms with van der Waals surface area (Å²) in [6.45, 7) is 14.3. The van der Waals surface area contributed by atoms with Gasteiger partial charge in [-0.05, 0) is 105 Å². The summed E-state index contributed by atoms with van der Waals surface area (Å²) < 4.78 is 2.20. The van der Waals surface area contributed by atoms with Crippen molar-refractivity contribution in [2.24, 2.45) is 10.4 Å². The first-order valence-corrected chi connectivity index (χ1v) is 23.2. The zero-order valence-corrected chi connectivity index (χ0v) is 37.9. The largest absolute Gasteiger partial charge is 0.348 e. The normalized spacial score (nSPS) is 18.0. The quantitative estimate of drug-likeness (QED) is 0.149. The molecule has 3 amide bonds. The van der Waals surface area contributed by atoms with Crippen LogP contribution in [-0.2, 0) is 22.4 Å². The molecule has 2 N–H and O–H groups in total. The molecule has 4 atom stereocenters. The van der Waals surface area contributed by atoms with Crippen LogP contribution in [0.15, 0.2) is 83.3 Å². The molecule has 3 aliphatic rings. The fourth-order valence-electron chi connectivity index (χ4n) is 9.09. The first kappa shape index (κ1) is 41.6. The highest BCUT2D eigenvalue weighted by atomic mass is 32.1. The molecule has 0 bridgehead atoms. The molecule has 0 radical (unpaired) electrons. The predicted octanol–water partition coefficient (Wildman–Crippen LogP) is 9.15. The number of aryl methyl sites for hydroxylation is 3. The van der Waals surface area contributed by atoms with Crippen LogP contribution in [0.4, 0.5) is 0 Å². The molecule has 6 aromatic rings. The summed E-state index contributed by atoms with van der Waals surface area (Å²) in [5.41, 5.74) is 11.4. The first-order chi connectivity index (χ1) is 29.8. The van der Waals surface area contributed by atoms with Gasteiger partial charge in [-0.2, -0.15) is 0 Å². The van der Waals surface area contributed by atoms with Gasteiger partial charge in [0, 0.05) is 28.1 Å². The van der Waals surface area contributed by atoms with Crippen molar-refractivity contribution in [2.75, 3.05) is 6.54 Å². The Balaban J connectivity index is 0.870. The lowest BCUT2D eigenvalue weighted by atomic mass is 9.85. The maximum Gasteiger partial charge on any atom is 0.251 e. The smallest absolute Gasteiger partial charge is 0.251 e. The second kappa shape index (κ2) is 16.5. The van der Waals surface area contributed by atoms with Gasteiger partial charge in [0.25, 0.3) is 5.91 Å². The molecule has 1 fully saturated rings. The maximum atomic E-state index is 14.3. The Kier molecular flexibility index (Phi) is 11.0. The van der Waals surface area contributed by atoms with Crippen LogP contribution in [0.5, 0.6) is 0 Å². The molecule has 3 aromatic carbocycles. The van der Waals surface area contributed by atoms with Crippen LogP contribution in [0, 0.1) is 19.3 Å². The summed E-state index contributed by atoms with van der Waals surface area (Å²) >= 11 is 3.46. The first-order valence-electron chi connectivity index (χ1n) is 21.5. The number of aromatic nitrogens is 4. The molecule has 4 unspecified atom stereocenters. The highest BCUT2D eigenvalue weighted by Gasteiger charge is 2.42. The van der Waals surface area contributed by atoms with Crippen LogP contribution in [0.1, 0.15) is 121 Å². The second-order valence-corrected chi connectivity index (χ2v) is 19.8. The van der Waals surface area contributed by atoms with E-state index in [9.17, 15) is 14.4 Å². The van der Waals surface area contributed by atoms with E-state index in [-0.39, 0.29) is 29.8 Å². The summed E-state index contributed by atoms with van der Waals surface area (Å²) in [6, 6.07) is 22.3. The molecular weight excluding hydrogens is 813 g/mol. The van der Waals surface area contributed by atoms with Gasteiger partial charge in [-0.3, -0.25) is 23.9 Å². The topological polar surface area (TPSA) is 134 Å². The summed E-state index contributed by atoms with van der Waals surface area (Å²) in [7, 11) is 0. The van der Waals surface area contributed by atoms with E-state index in [4.69, 9.17) is 4.99 Å². The third-order valence-electron chi connectivity index (χ3n) is 12.5. The van der Waals surface area contributed by atoms with Crippen LogP contribution in [-0.4, -0.2) is 66.7 Å². The van der Waals surface area contributed by atoms with Gasteiger partial charge in [-0.15, -0.1) is 32.9 Å². The van der Waals surface area contributed by atoms with Crippen LogP contribution < -0.4 is 10.6 Å². The molecule has 5 heterocycles. The highest BCUT2D eigenvalue weighted by Crippen LogP contribution is 2.43. The van der Waals surface area contributed by atoms with Gasteiger partial charge in [-0.25, -0.2) is 4.98 Å². The fourth-order valence-corrected chi connectivity index (χ4v) is 11.3. The third kappa shape index (κ3) is 7.70. The molecule has 62 heavy (non-hydrogen) atoms. The van der Waals surface area contributed by atoms with Gasteiger partial charge in [0.05, 0.1) is 27.8 Å². The van der Waals surface area contributed by atoms with Crippen LogP contribution >= 0.6 is 22.7 Å². The molecule has 2 aliphatic heterocycles. The Bertz CT molecular complexity index is 2700. The van der Waals surface area contributed by atoms with Crippen molar-refractivity contribution in [2.45, 2.75) is 105 Å². The number of nitrogens with zero attached hydrogens (tertiary/aromatic N) is 6. The number of carbonyl (C=O) groups excluding carboxylic acids is 3. The van der Waals surface area contributed by atoms with E-state index in [1.807, 2.05) is 82.7 Å². The third-order valence-corrected chi connectivity index (χ3v) is 14.8. The lowest BCUT2D eigenvalue weighted by molar-refractivity contribution is -0.142. The number of fused-ring (bicyclic) bond motifs is 5. The number of thiazole rings is 1. The number of hydrogen-bond donors (Lipinski definition) is 2. The lowest BCUT2D eigenvalue weighted by Crippen LogP contribution is -2.57. The molecule has 0 saturated carbocycles. The van der Waals surface area contributed by atoms with E-state index < -0.39 is 17.5 Å². The van der Waals surface area contributed by atoms with Crippen molar-refractivity contribution in [1.29, 1.82) is 0 Å². The molecule has 13 heteroatoms. The Morgan fingerprint density at radius 3 is 2.19 bits per heavy atom. The molecule has 1 aliphatic carbocycles. The number of benzene rings is 3. The minimum Gasteiger partial charge on any atom is -0.348 e. The number of amides is 3. The predicted molar refractivity (Wildman–Crippen MR) is 246 cm³/mol. The van der Waals surface area contributed by atoms with Gasteiger partial charge in [0.2, 0.25) is 11.8 Å². The van der Waals surface area contributed by atoms with Crippen molar-refractivity contribution < 1.29 is 14.4 Å². The Labute approximate surface area is 370 Å². The zero-order valence-electron chi connectivity index (χ0n) is 36.3. The summed E-state index contributed by atoms with van der Waals surface area (Å²) in [6.07, 6.45) is 4.58. The van der Waals surface area contributed by atoms with E-state index in [2.05, 4.69) is 73.7 Å². The van der Waals surface area contributed by atoms with Crippen LogP contribution in [0.25, 0.3) is 26.6 Å². The lowest BCUT2D eigenvalue weighted by Gasteiger charge is -2.35. The minimum absolute atomic E-state index is 0.145. The number of aliphatic imine (C=N–C) groups is 1. The zero-order chi connectivity index (χ0) is 43.4. The number of rotatable bonds is 9. The van der Waals surface area contributed by atoms with Gasteiger partial charge in [0.1, 0.15) is 29.0 Å². The van der Waals surface area contributed by atoms with E-state index >= 15 is 0 Å². The number of thiophene rings is 1. The average Bonchev–Trinajstić information content (AvgIpc) is 4.11. The second-order valence-electron chi connectivity index (χ2n) is 17.9. The van der Waals surface area contributed by atoms with E-state index in [0.717, 1.165) is 75.0 Å². The SMILES string of the molecule is Cc1ncsc1-c1ccc(C(C)NC(=O)C2CCCN2C(=O)C(NC(=O)c2ccc(-c3ccc(C4=NC(C)c5nnc(C)n5-c5sc6c(c54)CCC6)cc3)cc2)C(C)(C)C)cc1. The molecule has 1 saturated heterocycles. The molecule has 0 spiro atoms.